The molecule has 2 N–H and O–H groups in total. The SMILES string of the molecule is CN(CCCn1c2c(c(=O)[nH]c1=O)CCCC2)S(=O)(=O)c1ccc(CNC(=O)c2ccccc2)s1. The van der Waals surface area contributed by atoms with Crippen molar-refractivity contribution in [3.63, 3.8) is 0 Å². The lowest BCUT2D eigenvalue weighted by Crippen LogP contribution is -2.37. The molecule has 186 valence electrons. The topological polar surface area (TPSA) is 121 Å². The van der Waals surface area contributed by atoms with Gasteiger partial charge in [0.2, 0.25) is 0 Å². The lowest BCUT2D eigenvalue weighted by Gasteiger charge is -2.21. The number of carbonyl (C=O) groups excluding carboxylic acids is 1. The quantitative estimate of drug-likeness (QED) is 0.451. The van der Waals surface area contributed by atoms with Gasteiger partial charge in [-0.2, -0.15) is 0 Å². The molecule has 11 heteroatoms. The van der Waals surface area contributed by atoms with Gasteiger partial charge in [-0.25, -0.2) is 17.5 Å². The fourth-order valence-electron chi connectivity index (χ4n) is 4.21. The number of aromatic amines is 1. The van der Waals surface area contributed by atoms with Crippen molar-refractivity contribution >= 4 is 27.3 Å². The van der Waals surface area contributed by atoms with Crippen molar-refractivity contribution in [2.24, 2.45) is 0 Å². The van der Waals surface area contributed by atoms with E-state index in [0.717, 1.165) is 34.7 Å². The van der Waals surface area contributed by atoms with Gasteiger partial charge in [0.25, 0.3) is 21.5 Å². The summed E-state index contributed by atoms with van der Waals surface area (Å²) in [6, 6.07) is 12.1. The number of amides is 1. The van der Waals surface area contributed by atoms with Gasteiger partial charge in [-0.05, 0) is 56.4 Å². The van der Waals surface area contributed by atoms with Crippen LogP contribution in [0.5, 0.6) is 0 Å². The average molecular weight is 517 g/mol. The number of nitrogens with zero attached hydrogens (tertiary/aromatic N) is 2. The summed E-state index contributed by atoms with van der Waals surface area (Å²) < 4.78 is 29.1. The summed E-state index contributed by atoms with van der Waals surface area (Å²) in [5.74, 6) is -0.222. The zero-order valence-corrected chi connectivity index (χ0v) is 21.1. The number of benzene rings is 1. The molecule has 0 fully saturated rings. The van der Waals surface area contributed by atoms with Gasteiger partial charge in [0.05, 0.1) is 6.54 Å². The van der Waals surface area contributed by atoms with Crippen molar-refractivity contribution in [2.45, 2.75) is 49.4 Å². The zero-order chi connectivity index (χ0) is 25.0. The molecule has 0 saturated heterocycles. The first-order chi connectivity index (χ1) is 16.8. The third kappa shape index (κ3) is 5.63. The summed E-state index contributed by atoms with van der Waals surface area (Å²) in [6.07, 6.45) is 3.62. The molecule has 1 aliphatic rings. The van der Waals surface area contributed by atoms with Gasteiger partial charge < -0.3 is 5.32 Å². The highest BCUT2D eigenvalue weighted by atomic mass is 32.2. The third-order valence-electron chi connectivity index (χ3n) is 6.12. The van der Waals surface area contributed by atoms with Gasteiger partial charge in [0.1, 0.15) is 4.21 Å². The molecule has 3 aromatic rings. The number of fused-ring (bicyclic) bond motifs is 1. The summed E-state index contributed by atoms with van der Waals surface area (Å²) in [4.78, 5) is 39.8. The molecule has 0 radical (unpaired) electrons. The monoisotopic (exact) mass is 516 g/mol. The van der Waals surface area contributed by atoms with Gasteiger partial charge in [-0.3, -0.25) is 19.1 Å². The number of rotatable bonds is 9. The van der Waals surface area contributed by atoms with Crippen LogP contribution < -0.4 is 16.6 Å². The Morgan fingerprint density at radius 1 is 1.11 bits per heavy atom. The van der Waals surface area contributed by atoms with E-state index in [1.165, 1.54) is 11.4 Å². The normalized spacial score (nSPS) is 13.5. The standard InChI is InChI=1S/C24H28N4O5S2/c1-27(14-7-15-28-20-11-6-5-10-19(20)23(30)26-24(28)31)35(32,33)21-13-12-18(34-21)16-25-22(29)17-8-3-2-4-9-17/h2-4,8-9,12-13H,5-7,10-11,14-16H2,1H3,(H,25,29)(H,26,30,31). The smallest absolute Gasteiger partial charge is 0.328 e. The van der Waals surface area contributed by atoms with Gasteiger partial charge in [0, 0.05) is 41.8 Å². The molecule has 1 aliphatic carbocycles. The predicted molar refractivity (Wildman–Crippen MR) is 134 cm³/mol. The maximum atomic E-state index is 13.0. The lowest BCUT2D eigenvalue weighted by molar-refractivity contribution is 0.0951. The summed E-state index contributed by atoms with van der Waals surface area (Å²) in [6.45, 7) is 0.789. The number of sulfonamides is 1. The summed E-state index contributed by atoms with van der Waals surface area (Å²) in [5.41, 5.74) is 1.23. The van der Waals surface area contributed by atoms with E-state index in [1.807, 2.05) is 6.07 Å². The number of carbonyl (C=O) groups is 1. The second-order valence-electron chi connectivity index (χ2n) is 8.49. The predicted octanol–water partition coefficient (Wildman–Crippen LogP) is 2.12. The number of hydrogen-bond donors (Lipinski definition) is 2. The Morgan fingerprint density at radius 2 is 1.86 bits per heavy atom. The first kappa shape index (κ1) is 25.1. The minimum atomic E-state index is -3.70. The third-order valence-corrected chi connectivity index (χ3v) is 9.53. The Hall–Kier alpha value is -3.02. The number of nitrogens with one attached hydrogen (secondary N) is 2. The summed E-state index contributed by atoms with van der Waals surface area (Å²) in [7, 11) is -2.19. The molecule has 1 aromatic carbocycles. The Kier molecular flexibility index (Phi) is 7.68. The summed E-state index contributed by atoms with van der Waals surface area (Å²) >= 11 is 1.12. The van der Waals surface area contributed by atoms with Crippen molar-refractivity contribution < 1.29 is 13.2 Å². The average Bonchev–Trinajstić information content (AvgIpc) is 3.35. The van der Waals surface area contributed by atoms with Gasteiger partial charge in [0.15, 0.2) is 0 Å². The zero-order valence-electron chi connectivity index (χ0n) is 19.5. The van der Waals surface area contributed by atoms with Crippen LogP contribution in [0, 0.1) is 0 Å². The molecule has 9 nitrogen and oxygen atoms in total. The van der Waals surface area contributed by atoms with E-state index in [4.69, 9.17) is 0 Å². The molecular weight excluding hydrogens is 488 g/mol. The van der Waals surface area contributed by atoms with Crippen LogP contribution >= 0.6 is 11.3 Å². The molecule has 0 aliphatic heterocycles. The van der Waals surface area contributed by atoms with E-state index in [-0.39, 0.29) is 28.8 Å². The van der Waals surface area contributed by atoms with E-state index >= 15 is 0 Å². The fourth-order valence-corrected chi connectivity index (χ4v) is 6.92. The first-order valence-electron chi connectivity index (χ1n) is 11.5. The Morgan fingerprint density at radius 3 is 2.63 bits per heavy atom. The van der Waals surface area contributed by atoms with E-state index in [0.29, 0.717) is 36.9 Å². The Labute approximate surface area is 207 Å². The van der Waals surface area contributed by atoms with Crippen molar-refractivity contribution in [3.8, 4) is 0 Å². The second-order valence-corrected chi connectivity index (χ2v) is 11.9. The molecule has 1 amide bonds. The maximum Gasteiger partial charge on any atom is 0.328 e. The molecule has 2 aromatic heterocycles. The van der Waals surface area contributed by atoms with Crippen LogP contribution in [0.4, 0.5) is 0 Å². The van der Waals surface area contributed by atoms with E-state index < -0.39 is 15.7 Å². The molecule has 0 bridgehead atoms. The molecule has 35 heavy (non-hydrogen) atoms. The number of hydrogen-bond acceptors (Lipinski definition) is 6. The summed E-state index contributed by atoms with van der Waals surface area (Å²) in [5, 5.41) is 2.80. The van der Waals surface area contributed by atoms with Crippen LogP contribution in [0.2, 0.25) is 0 Å². The largest absolute Gasteiger partial charge is 0.347 e. The van der Waals surface area contributed by atoms with Gasteiger partial charge in [-0.15, -0.1) is 11.3 Å². The number of aromatic nitrogens is 2. The van der Waals surface area contributed by atoms with Crippen molar-refractivity contribution in [2.75, 3.05) is 13.6 Å². The first-order valence-corrected chi connectivity index (χ1v) is 13.8. The highest BCUT2D eigenvalue weighted by molar-refractivity contribution is 7.91. The molecule has 0 saturated carbocycles. The van der Waals surface area contributed by atoms with E-state index in [2.05, 4.69) is 10.3 Å². The minimum absolute atomic E-state index is 0.197. The molecule has 2 heterocycles. The second kappa shape index (κ2) is 10.7. The fraction of sp³-hybridized carbons (Fsp3) is 0.375. The molecule has 4 rings (SSSR count). The van der Waals surface area contributed by atoms with Crippen molar-refractivity contribution in [1.29, 1.82) is 0 Å². The number of H-pyrrole nitrogens is 1. The molecule has 0 unspecified atom stereocenters. The van der Waals surface area contributed by atoms with Crippen molar-refractivity contribution in [1.82, 2.24) is 19.2 Å². The van der Waals surface area contributed by atoms with E-state index in [1.54, 1.807) is 41.0 Å². The Balaban J connectivity index is 1.36. The van der Waals surface area contributed by atoms with Crippen LogP contribution in [-0.4, -0.2) is 41.8 Å². The van der Waals surface area contributed by atoms with Crippen LogP contribution in [-0.2, 0) is 36.0 Å². The molecular formula is C24H28N4O5S2. The van der Waals surface area contributed by atoms with Crippen LogP contribution in [0.3, 0.4) is 0 Å². The highest BCUT2D eigenvalue weighted by Gasteiger charge is 2.23. The van der Waals surface area contributed by atoms with Crippen molar-refractivity contribution in [3.05, 3.63) is 85.0 Å². The maximum absolute atomic E-state index is 13.0. The highest BCUT2D eigenvalue weighted by Crippen LogP contribution is 2.25. The minimum Gasteiger partial charge on any atom is -0.347 e. The van der Waals surface area contributed by atoms with Crippen LogP contribution in [0.25, 0.3) is 0 Å². The van der Waals surface area contributed by atoms with Gasteiger partial charge >= 0.3 is 5.69 Å². The molecule has 0 spiro atoms. The van der Waals surface area contributed by atoms with Crippen LogP contribution in [0.15, 0.2) is 56.3 Å². The Bertz CT molecular complexity index is 1420. The van der Waals surface area contributed by atoms with Crippen LogP contribution in [0.1, 0.15) is 45.8 Å². The van der Waals surface area contributed by atoms with E-state index in [9.17, 15) is 22.8 Å². The lowest BCUT2D eigenvalue weighted by atomic mass is 9.97. The van der Waals surface area contributed by atoms with Gasteiger partial charge in [-0.1, -0.05) is 18.2 Å². The number of thiophene rings is 1. The molecule has 0 atom stereocenters.